The lowest BCUT2D eigenvalue weighted by Crippen LogP contribution is -2.47. The van der Waals surface area contributed by atoms with Gasteiger partial charge in [0.1, 0.15) is 24.7 Å². The normalized spacial score (nSPS) is 17.6. The maximum Gasteiger partial charge on any atom is 0.191 e. The van der Waals surface area contributed by atoms with Crippen LogP contribution >= 0.6 is 0 Å². The Morgan fingerprint density at radius 1 is 1.54 bits per heavy atom. The van der Waals surface area contributed by atoms with Crippen LogP contribution in [0.3, 0.4) is 0 Å². The van der Waals surface area contributed by atoms with Crippen molar-refractivity contribution in [3.8, 4) is 0 Å². The molecule has 1 aliphatic heterocycles. The zero-order valence-electron chi connectivity index (χ0n) is 14.2. The average molecular weight is 332 g/mol. The number of nitrogens with zero attached hydrogens (tertiary/aromatic N) is 4. The highest BCUT2D eigenvalue weighted by atomic mass is 16.5. The molecule has 3 rings (SSSR count). The fourth-order valence-electron chi connectivity index (χ4n) is 2.74. The summed E-state index contributed by atoms with van der Waals surface area (Å²) in [6, 6.07) is 4.06. The first-order chi connectivity index (χ1) is 11.8. The molecule has 2 aromatic rings. The molecule has 3 heterocycles. The Hall–Kier alpha value is -2.35. The number of methoxy groups -OCH3 is 1. The molecule has 1 aliphatic rings. The molecule has 2 aromatic heterocycles. The van der Waals surface area contributed by atoms with Gasteiger partial charge in [0.2, 0.25) is 0 Å². The van der Waals surface area contributed by atoms with E-state index in [0.717, 1.165) is 49.3 Å². The van der Waals surface area contributed by atoms with E-state index in [9.17, 15) is 0 Å². The van der Waals surface area contributed by atoms with Crippen LogP contribution in [0.15, 0.2) is 27.8 Å². The molecular formula is C16H24N6O2. The quantitative estimate of drug-likeness (QED) is 0.608. The summed E-state index contributed by atoms with van der Waals surface area (Å²) >= 11 is 0. The number of hydrogen-bond donors (Lipinski definition) is 2. The number of hydrogen-bond acceptors (Lipinski definition) is 5. The summed E-state index contributed by atoms with van der Waals surface area (Å²) in [6.45, 7) is 4.60. The summed E-state index contributed by atoms with van der Waals surface area (Å²) in [4.78, 5) is 9.08. The van der Waals surface area contributed by atoms with Crippen LogP contribution in [0.1, 0.15) is 30.8 Å². The van der Waals surface area contributed by atoms with Gasteiger partial charge >= 0.3 is 0 Å². The van der Waals surface area contributed by atoms with Crippen LogP contribution in [0.5, 0.6) is 0 Å². The van der Waals surface area contributed by atoms with Crippen LogP contribution in [0.25, 0.3) is 0 Å². The molecular weight excluding hydrogens is 308 g/mol. The van der Waals surface area contributed by atoms with Gasteiger partial charge in [-0.3, -0.25) is 0 Å². The Balaban J connectivity index is 1.61. The van der Waals surface area contributed by atoms with Crippen molar-refractivity contribution < 1.29 is 9.15 Å². The van der Waals surface area contributed by atoms with Crippen LogP contribution in [0, 0.1) is 0 Å². The van der Waals surface area contributed by atoms with Crippen LogP contribution in [0.2, 0.25) is 0 Å². The Kier molecular flexibility index (Phi) is 5.47. The van der Waals surface area contributed by atoms with Crippen molar-refractivity contribution in [3.05, 3.63) is 35.8 Å². The average Bonchev–Trinajstić information content (AvgIpc) is 3.21. The largest absolute Gasteiger partial charge is 0.467 e. The number of nitrogens with one attached hydrogen (secondary N) is 2. The minimum atomic E-state index is 0.268. The molecule has 0 saturated carbocycles. The molecule has 8 heteroatoms. The summed E-state index contributed by atoms with van der Waals surface area (Å²) < 4.78 is 12.4. The van der Waals surface area contributed by atoms with E-state index in [1.807, 2.05) is 16.8 Å². The summed E-state index contributed by atoms with van der Waals surface area (Å²) in [5.41, 5.74) is 0. The second-order valence-corrected chi connectivity index (χ2v) is 5.71. The number of rotatable bonds is 6. The van der Waals surface area contributed by atoms with Crippen molar-refractivity contribution in [3.63, 3.8) is 0 Å². The van der Waals surface area contributed by atoms with Crippen molar-refractivity contribution in [2.75, 3.05) is 13.7 Å². The van der Waals surface area contributed by atoms with E-state index in [1.54, 1.807) is 13.4 Å². The molecule has 0 radical (unpaired) electrons. The third kappa shape index (κ3) is 4.14. The minimum absolute atomic E-state index is 0.268. The maximum absolute atomic E-state index is 5.33. The lowest BCUT2D eigenvalue weighted by Gasteiger charge is -2.25. The second-order valence-electron chi connectivity index (χ2n) is 5.71. The fraction of sp³-hybridized carbons (Fsp3) is 0.562. The summed E-state index contributed by atoms with van der Waals surface area (Å²) in [7, 11) is 1.66. The molecule has 130 valence electrons. The molecule has 8 nitrogen and oxygen atoms in total. The molecule has 1 atom stereocenters. The van der Waals surface area contributed by atoms with Gasteiger partial charge in [-0.1, -0.05) is 0 Å². The van der Waals surface area contributed by atoms with Crippen LogP contribution in [0.4, 0.5) is 0 Å². The van der Waals surface area contributed by atoms with E-state index in [2.05, 4.69) is 32.6 Å². The van der Waals surface area contributed by atoms with Gasteiger partial charge in [0.25, 0.3) is 0 Å². The topological polar surface area (TPSA) is 89.5 Å². The van der Waals surface area contributed by atoms with Crippen LogP contribution in [-0.4, -0.2) is 40.4 Å². The second kappa shape index (κ2) is 7.96. The Morgan fingerprint density at radius 2 is 2.46 bits per heavy atom. The third-order valence-corrected chi connectivity index (χ3v) is 3.83. The van der Waals surface area contributed by atoms with E-state index < -0.39 is 0 Å². The number of aryl methyl sites for hydroxylation is 1. The van der Waals surface area contributed by atoms with E-state index in [1.165, 1.54) is 0 Å². The number of furan rings is 1. The number of aliphatic imine (C=N–C) groups is 1. The highest BCUT2D eigenvalue weighted by molar-refractivity contribution is 5.80. The van der Waals surface area contributed by atoms with E-state index >= 15 is 0 Å². The van der Waals surface area contributed by atoms with E-state index in [-0.39, 0.29) is 6.04 Å². The van der Waals surface area contributed by atoms with E-state index in [0.29, 0.717) is 13.2 Å². The Labute approximate surface area is 141 Å². The summed E-state index contributed by atoms with van der Waals surface area (Å²) in [5.74, 6) is 3.40. The Morgan fingerprint density at radius 3 is 3.21 bits per heavy atom. The van der Waals surface area contributed by atoms with Crippen molar-refractivity contribution >= 4 is 5.96 Å². The Bertz CT molecular complexity index is 664. The van der Waals surface area contributed by atoms with Gasteiger partial charge in [-0.25, -0.2) is 14.7 Å². The lowest BCUT2D eigenvalue weighted by atomic mass is 10.1. The van der Waals surface area contributed by atoms with Crippen molar-refractivity contribution in [1.82, 2.24) is 25.4 Å². The first-order valence-corrected chi connectivity index (χ1v) is 8.27. The predicted octanol–water partition coefficient (Wildman–Crippen LogP) is 1.09. The minimum Gasteiger partial charge on any atom is -0.467 e. The van der Waals surface area contributed by atoms with Crippen LogP contribution in [-0.2, 0) is 30.9 Å². The lowest BCUT2D eigenvalue weighted by molar-refractivity contribution is 0.177. The number of fused-ring (bicyclic) bond motifs is 1. The first kappa shape index (κ1) is 16.5. The summed E-state index contributed by atoms with van der Waals surface area (Å²) in [6.07, 6.45) is 3.55. The zero-order valence-corrected chi connectivity index (χ0v) is 14.2. The van der Waals surface area contributed by atoms with Gasteiger partial charge in [-0.15, -0.1) is 0 Å². The molecule has 0 saturated heterocycles. The summed E-state index contributed by atoms with van der Waals surface area (Å²) in [5, 5.41) is 11.2. The fourth-order valence-corrected chi connectivity index (χ4v) is 2.74. The highest BCUT2D eigenvalue weighted by Crippen LogP contribution is 2.13. The highest BCUT2D eigenvalue weighted by Gasteiger charge is 2.22. The molecule has 24 heavy (non-hydrogen) atoms. The smallest absolute Gasteiger partial charge is 0.191 e. The molecule has 0 aliphatic carbocycles. The molecule has 0 spiro atoms. The third-order valence-electron chi connectivity index (χ3n) is 3.83. The van der Waals surface area contributed by atoms with Crippen LogP contribution < -0.4 is 10.6 Å². The molecule has 0 fully saturated rings. The molecule has 0 aromatic carbocycles. The van der Waals surface area contributed by atoms with Gasteiger partial charge in [-0.2, -0.15) is 5.10 Å². The van der Waals surface area contributed by atoms with Gasteiger partial charge in [0.15, 0.2) is 11.8 Å². The standard InChI is InChI=1S/C16H24N6O2/c1-3-17-16(18-9-13-5-4-8-24-13)19-12-6-7-15-20-14(11-23-2)21-22(15)10-12/h4-5,8,12H,3,6-7,9-11H2,1-2H3,(H2,17,18,19). The van der Waals surface area contributed by atoms with Crippen molar-refractivity contribution in [1.29, 1.82) is 0 Å². The molecule has 1 unspecified atom stereocenters. The van der Waals surface area contributed by atoms with Crippen molar-refractivity contribution in [2.45, 2.75) is 45.5 Å². The number of guanidine groups is 1. The van der Waals surface area contributed by atoms with Gasteiger partial charge < -0.3 is 19.8 Å². The number of ether oxygens (including phenoxy) is 1. The monoisotopic (exact) mass is 332 g/mol. The number of aromatic nitrogens is 3. The predicted molar refractivity (Wildman–Crippen MR) is 89.5 cm³/mol. The van der Waals surface area contributed by atoms with Gasteiger partial charge in [0.05, 0.1) is 12.8 Å². The molecule has 0 amide bonds. The molecule has 2 N–H and O–H groups in total. The molecule has 0 bridgehead atoms. The maximum atomic E-state index is 5.33. The SMILES string of the molecule is CCNC(=NCc1ccco1)NC1CCc2nc(COC)nn2C1. The van der Waals surface area contributed by atoms with Crippen molar-refractivity contribution in [2.24, 2.45) is 4.99 Å². The van der Waals surface area contributed by atoms with Gasteiger partial charge in [0, 0.05) is 26.1 Å². The van der Waals surface area contributed by atoms with Gasteiger partial charge in [-0.05, 0) is 25.5 Å². The first-order valence-electron chi connectivity index (χ1n) is 8.27. The zero-order chi connectivity index (χ0) is 16.8. The van der Waals surface area contributed by atoms with E-state index in [4.69, 9.17) is 9.15 Å².